The van der Waals surface area contributed by atoms with Gasteiger partial charge in [0.2, 0.25) is 0 Å². The van der Waals surface area contributed by atoms with Crippen LogP contribution in [0.3, 0.4) is 0 Å². The summed E-state index contributed by atoms with van der Waals surface area (Å²) >= 11 is 0. The first-order chi connectivity index (χ1) is 9.66. The quantitative estimate of drug-likeness (QED) is 0.680. The van der Waals surface area contributed by atoms with Crippen LogP contribution in [0, 0.1) is 13.8 Å². The highest BCUT2D eigenvalue weighted by molar-refractivity contribution is 6.03. The van der Waals surface area contributed by atoms with Gasteiger partial charge in [-0.25, -0.2) is 4.52 Å². The Morgan fingerprint density at radius 1 is 1.10 bits per heavy atom. The fraction of sp³-hybridized carbons (Fsp3) is 0.176. The number of nitrogens with zero attached hydrogens (tertiary/aromatic N) is 2. The molecule has 0 aliphatic rings. The molecule has 0 unspecified atom stereocenters. The van der Waals surface area contributed by atoms with Crippen LogP contribution in [0.5, 0.6) is 0 Å². The van der Waals surface area contributed by atoms with E-state index in [0.29, 0.717) is 12.0 Å². The van der Waals surface area contributed by atoms with Gasteiger partial charge in [0.05, 0.1) is 17.3 Å². The first-order valence-corrected chi connectivity index (χ1v) is 6.67. The van der Waals surface area contributed by atoms with Gasteiger partial charge in [-0.1, -0.05) is 24.3 Å². The van der Waals surface area contributed by atoms with Gasteiger partial charge >= 0.3 is 0 Å². The number of Topliss-reactive ketones (excluding diaryl/α,β-unsaturated/α-hetero) is 1. The minimum absolute atomic E-state index is 0.114. The SMILES string of the molecule is Cc1cccc(C)c1CC(=O)c1cnn2ccccc12. The third-order valence-electron chi connectivity index (χ3n) is 3.71. The Hall–Kier alpha value is -2.42. The summed E-state index contributed by atoms with van der Waals surface area (Å²) in [7, 11) is 0. The van der Waals surface area contributed by atoms with Gasteiger partial charge in [-0.05, 0) is 42.7 Å². The molecule has 0 bridgehead atoms. The fourth-order valence-corrected chi connectivity index (χ4v) is 2.53. The Morgan fingerprint density at radius 2 is 1.85 bits per heavy atom. The first kappa shape index (κ1) is 12.6. The van der Waals surface area contributed by atoms with E-state index in [0.717, 1.165) is 22.2 Å². The monoisotopic (exact) mass is 264 g/mol. The molecular weight excluding hydrogens is 248 g/mol. The molecule has 0 radical (unpaired) electrons. The van der Waals surface area contributed by atoms with Crippen molar-refractivity contribution in [2.75, 3.05) is 0 Å². The number of benzene rings is 1. The Bertz CT molecular complexity index is 766. The topological polar surface area (TPSA) is 34.4 Å². The van der Waals surface area contributed by atoms with E-state index >= 15 is 0 Å². The molecular formula is C17H16N2O. The molecule has 0 atom stereocenters. The van der Waals surface area contributed by atoms with E-state index in [4.69, 9.17) is 0 Å². The van der Waals surface area contributed by atoms with E-state index < -0.39 is 0 Å². The van der Waals surface area contributed by atoms with Gasteiger partial charge in [0.1, 0.15) is 0 Å². The van der Waals surface area contributed by atoms with Crippen molar-refractivity contribution >= 4 is 11.3 Å². The molecule has 0 N–H and O–H groups in total. The average Bonchev–Trinajstić information content (AvgIpc) is 2.87. The number of ketones is 1. The largest absolute Gasteiger partial charge is 0.294 e. The summed E-state index contributed by atoms with van der Waals surface area (Å²) in [4.78, 5) is 12.5. The number of carbonyl (C=O) groups excluding carboxylic acids is 1. The number of pyridine rings is 1. The van der Waals surface area contributed by atoms with Crippen molar-refractivity contribution in [2.45, 2.75) is 20.3 Å². The zero-order valence-corrected chi connectivity index (χ0v) is 11.6. The Balaban J connectivity index is 1.98. The summed E-state index contributed by atoms with van der Waals surface area (Å²) in [6, 6.07) is 11.9. The zero-order chi connectivity index (χ0) is 14.1. The van der Waals surface area contributed by atoms with Gasteiger partial charge in [0.15, 0.2) is 5.78 Å². The first-order valence-electron chi connectivity index (χ1n) is 6.67. The second-order valence-corrected chi connectivity index (χ2v) is 5.06. The van der Waals surface area contributed by atoms with E-state index in [2.05, 4.69) is 5.10 Å². The Morgan fingerprint density at radius 3 is 2.60 bits per heavy atom. The number of carbonyl (C=O) groups is 1. The number of rotatable bonds is 3. The zero-order valence-electron chi connectivity index (χ0n) is 11.6. The third kappa shape index (κ3) is 2.11. The van der Waals surface area contributed by atoms with Crippen LogP contribution in [0.2, 0.25) is 0 Å². The number of fused-ring (bicyclic) bond motifs is 1. The molecule has 100 valence electrons. The molecule has 0 aliphatic carbocycles. The summed E-state index contributed by atoms with van der Waals surface area (Å²) in [5.74, 6) is 0.114. The predicted octanol–water partition coefficient (Wildman–Crippen LogP) is 3.38. The fourth-order valence-electron chi connectivity index (χ4n) is 2.53. The summed E-state index contributed by atoms with van der Waals surface area (Å²) in [5, 5.41) is 4.22. The van der Waals surface area contributed by atoms with E-state index in [1.807, 2.05) is 56.4 Å². The number of aryl methyl sites for hydroxylation is 2. The molecule has 0 saturated heterocycles. The summed E-state index contributed by atoms with van der Waals surface area (Å²) in [6.45, 7) is 4.09. The summed E-state index contributed by atoms with van der Waals surface area (Å²) in [6.07, 6.45) is 3.94. The lowest BCUT2D eigenvalue weighted by molar-refractivity contribution is 0.0994. The highest BCUT2D eigenvalue weighted by Gasteiger charge is 2.15. The number of aromatic nitrogens is 2. The smallest absolute Gasteiger partial charge is 0.171 e. The molecule has 0 aliphatic heterocycles. The van der Waals surface area contributed by atoms with Gasteiger partial charge < -0.3 is 0 Å². The Labute approximate surface area is 117 Å². The molecule has 20 heavy (non-hydrogen) atoms. The minimum Gasteiger partial charge on any atom is -0.294 e. The predicted molar refractivity (Wildman–Crippen MR) is 79.1 cm³/mol. The molecule has 3 nitrogen and oxygen atoms in total. The minimum atomic E-state index is 0.114. The summed E-state index contributed by atoms with van der Waals surface area (Å²) in [5.41, 5.74) is 4.99. The highest BCUT2D eigenvalue weighted by atomic mass is 16.1. The van der Waals surface area contributed by atoms with Gasteiger partial charge in [-0.15, -0.1) is 0 Å². The van der Waals surface area contributed by atoms with Crippen LogP contribution < -0.4 is 0 Å². The van der Waals surface area contributed by atoms with Gasteiger partial charge in [-0.3, -0.25) is 4.79 Å². The molecule has 3 heteroatoms. The van der Waals surface area contributed by atoms with E-state index in [9.17, 15) is 4.79 Å². The summed E-state index contributed by atoms with van der Waals surface area (Å²) < 4.78 is 1.73. The molecule has 2 heterocycles. The van der Waals surface area contributed by atoms with Crippen molar-refractivity contribution < 1.29 is 4.79 Å². The third-order valence-corrected chi connectivity index (χ3v) is 3.71. The van der Waals surface area contributed by atoms with Crippen molar-refractivity contribution in [1.29, 1.82) is 0 Å². The molecule has 0 spiro atoms. The standard InChI is InChI=1S/C17H16N2O/c1-12-6-5-7-13(2)14(12)10-17(20)15-11-18-19-9-4-3-8-16(15)19/h3-9,11H,10H2,1-2H3. The van der Waals surface area contributed by atoms with E-state index in [1.54, 1.807) is 10.7 Å². The van der Waals surface area contributed by atoms with E-state index in [1.165, 1.54) is 0 Å². The van der Waals surface area contributed by atoms with Gasteiger partial charge in [0, 0.05) is 12.6 Å². The van der Waals surface area contributed by atoms with Gasteiger partial charge in [-0.2, -0.15) is 5.10 Å². The maximum absolute atomic E-state index is 12.5. The van der Waals surface area contributed by atoms with Crippen molar-refractivity contribution in [3.05, 3.63) is 71.0 Å². The van der Waals surface area contributed by atoms with Crippen LogP contribution >= 0.6 is 0 Å². The van der Waals surface area contributed by atoms with Gasteiger partial charge in [0.25, 0.3) is 0 Å². The molecule has 0 fully saturated rings. The number of hydrogen-bond donors (Lipinski definition) is 0. The molecule has 3 aromatic rings. The molecule has 2 aromatic heterocycles. The maximum Gasteiger partial charge on any atom is 0.171 e. The number of hydrogen-bond acceptors (Lipinski definition) is 2. The van der Waals surface area contributed by atoms with Crippen LogP contribution in [0.1, 0.15) is 27.0 Å². The van der Waals surface area contributed by atoms with E-state index in [-0.39, 0.29) is 5.78 Å². The van der Waals surface area contributed by atoms with Crippen LogP contribution in [0.25, 0.3) is 5.52 Å². The lowest BCUT2D eigenvalue weighted by Crippen LogP contribution is -2.06. The average molecular weight is 264 g/mol. The van der Waals surface area contributed by atoms with Crippen molar-refractivity contribution in [3.8, 4) is 0 Å². The Kier molecular flexibility index (Phi) is 3.11. The molecule has 0 saturated carbocycles. The van der Waals surface area contributed by atoms with Crippen LogP contribution in [-0.4, -0.2) is 15.4 Å². The maximum atomic E-state index is 12.5. The molecule has 0 amide bonds. The van der Waals surface area contributed by atoms with Crippen LogP contribution in [-0.2, 0) is 6.42 Å². The normalized spacial score (nSPS) is 10.9. The van der Waals surface area contributed by atoms with Crippen LogP contribution in [0.4, 0.5) is 0 Å². The van der Waals surface area contributed by atoms with Crippen molar-refractivity contribution in [3.63, 3.8) is 0 Å². The lowest BCUT2D eigenvalue weighted by atomic mass is 9.96. The molecule has 1 aromatic carbocycles. The second-order valence-electron chi connectivity index (χ2n) is 5.06. The highest BCUT2D eigenvalue weighted by Crippen LogP contribution is 2.18. The second kappa shape index (κ2) is 4.93. The van der Waals surface area contributed by atoms with Crippen LogP contribution in [0.15, 0.2) is 48.8 Å². The van der Waals surface area contributed by atoms with Crippen molar-refractivity contribution in [1.82, 2.24) is 9.61 Å². The van der Waals surface area contributed by atoms with Crippen molar-refractivity contribution in [2.24, 2.45) is 0 Å². The lowest BCUT2D eigenvalue weighted by Gasteiger charge is -2.08. The molecule has 3 rings (SSSR count).